The highest BCUT2D eigenvalue weighted by Crippen LogP contribution is 2.15. The zero-order valence-corrected chi connectivity index (χ0v) is 13.8. The molecule has 1 aromatic carbocycles. The fourth-order valence-electron chi connectivity index (χ4n) is 1.78. The molecule has 0 unspecified atom stereocenters. The van der Waals surface area contributed by atoms with Crippen molar-refractivity contribution < 1.29 is 19.1 Å². The highest BCUT2D eigenvalue weighted by atomic mass is 16.7. The summed E-state index contributed by atoms with van der Waals surface area (Å²) in [4.78, 5) is 26.9. The highest BCUT2D eigenvalue weighted by molar-refractivity contribution is 5.91. The summed E-state index contributed by atoms with van der Waals surface area (Å²) in [5, 5.41) is 4.23. The van der Waals surface area contributed by atoms with Crippen LogP contribution in [0.2, 0.25) is 0 Å². The summed E-state index contributed by atoms with van der Waals surface area (Å²) in [6, 6.07) is 7.76. The monoisotopic (exact) mass is 329 g/mol. The van der Waals surface area contributed by atoms with Crippen LogP contribution in [0.3, 0.4) is 0 Å². The van der Waals surface area contributed by atoms with Crippen LogP contribution in [0.1, 0.15) is 19.4 Å². The molecular weight excluding hydrogens is 310 g/mol. The first kappa shape index (κ1) is 17.4. The average Bonchev–Trinajstić information content (AvgIpc) is 3.00. The van der Waals surface area contributed by atoms with Gasteiger partial charge in [-0.15, -0.1) is 5.10 Å². The van der Waals surface area contributed by atoms with E-state index >= 15 is 0 Å². The molecule has 0 bridgehead atoms. The van der Waals surface area contributed by atoms with Crippen molar-refractivity contribution in [3.8, 4) is 11.4 Å². The van der Waals surface area contributed by atoms with Gasteiger partial charge in [-0.1, -0.05) is 37.6 Å². The Labute approximate surface area is 139 Å². The van der Waals surface area contributed by atoms with Gasteiger partial charge >= 0.3 is 12.1 Å². The second-order valence-corrected chi connectivity index (χ2v) is 5.61. The summed E-state index contributed by atoms with van der Waals surface area (Å²) in [6.45, 7) is 5.94. The molecule has 126 valence electrons. The van der Waals surface area contributed by atoms with E-state index in [4.69, 9.17) is 4.74 Å². The third-order valence-corrected chi connectivity index (χ3v) is 2.87. The van der Waals surface area contributed by atoms with Gasteiger partial charge in [-0.2, -0.15) is 0 Å². The molecule has 0 radical (unpaired) electrons. The molecule has 1 aromatic heterocycles. The minimum atomic E-state index is -1.02. The predicted molar refractivity (Wildman–Crippen MR) is 87.8 cm³/mol. The molecule has 0 aliphatic carbocycles. The Kier molecular flexibility index (Phi) is 5.83. The fraction of sp³-hybridized carbons (Fsp3) is 0.294. The van der Waals surface area contributed by atoms with Gasteiger partial charge in [0.1, 0.15) is 6.33 Å². The Morgan fingerprint density at radius 2 is 2.12 bits per heavy atom. The van der Waals surface area contributed by atoms with Gasteiger partial charge < -0.3 is 9.47 Å². The van der Waals surface area contributed by atoms with Gasteiger partial charge in [-0.25, -0.2) is 19.3 Å². The quantitative estimate of drug-likeness (QED) is 0.476. The lowest BCUT2D eigenvalue weighted by Crippen LogP contribution is -2.14. The molecule has 7 heteroatoms. The Morgan fingerprint density at radius 1 is 1.33 bits per heavy atom. The van der Waals surface area contributed by atoms with Crippen LogP contribution >= 0.6 is 0 Å². The molecule has 0 aliphatic heterocycles. The van der Waals surface area contributed by atoms with Crippen molar-refractivity contribution in [1.29, 1.82) is 0 Å². The van der Waals surface area contributed by atoms with E-state index in [0.29, 0.717) is 5.82 Å². The molecule has 0 spiro atoms. The lowest BCUT2D eigenvalue weighted by atomic mass is 10.1. The Morgan fingerprint density at radius 3 is 2.83 bits per heavy atom. The first-order valence-electron chi connectivity index (χ1n) is 7.49. The van der Waals surface area contributed by atoms with Crippen LogP contribution < -0.4 is 0 Å². The van der Waals surface area contributed by atoms with Gasteiger partial charge in [0.05, 0.1) is 6.61 Å². The fourth-order valence-corrected chi connectivity index (χ4v) is 1.78. The zero-order chi connectivity index (χ0) is 17.5. The number of aryl methyl sites for hydroxylation is 1. The summed E-state index contributed by atoms with van der Waals surface area (Å²) in [5.74, 6) is -0.136. The standard InChI is InChI=1S/C17H19N3O4/c1-12(2)10-23-17(22)24-15(21)7-8-20-11-18-16(19-20)14-6-4-5-13(3)9-14/h4-9,11-12H,10H2,1-3H3/b8-7-. The number of benzene rings is 1. The highest BCUT2D eigenvalue weighted by Gasteiger charge is 2.10. The number of aromatic nitrogens is 3. The third kappa shape index (κ3) is 5.35. The van der Waals surface area contributed by atoms with Crippen molar-refractivity contribution >= 4 is 18.3 Å². The van der Waals surface area contributed by atoms with Gasteiger partial charge in [0, 0.05) is 17.8 Å². The van der Waals surface area contributed by atoms with Crippen LogP contribution in [0.15, 0.2) is 36.7 Å². The van der Waals surface area contributed by atoms with Crippen molar-refractivity contribution in [2.24, 2.45) is 5.92 Å². The van der Waals surface area contributed by atoms with E-state index in [1.807, 2.05) is 45.0 Å². The number of esters is 1. The molecular formula is C17H19N3O4. The molecule has 2 aromatic rings. The summed E-state index contributed by atoms with van der Waals surface area (Å²) in [5.41, 5.74) is 1.98. The molecule has 0 aliphatic rings. The number of carbonyl (C=O) groups is 2. The number of rotatable bonds is 5. The molecule has 1 heterocycles. The van der Waals surface area contributed by atoms with Crippen molar-refractivity contribution in [3.05, 3.63) is 42.2 Å². The largest absolute Gasteiger partial charge is 0.516 e. The zero-order valence-electron chi connectivity index (χ0n) is 13.8. The molecule has 0 saturated heterocycles. The number of carbonyl (C=O) groups excluding carboxylic acids is 2. The Bertz CT molecular complexity index is 750. The summed E-state index contributed by atoms with van der Waals surface area (Å²) >= 11 is 0. The maximum atomic E-state index is 11.5. The minimum Gasteiger partial charge on any atom is -0.434 e. The number of hydrogen-bond donors (Lipinski definition) is 0. The van der Waals surface area contributed by atoms with Crippen LogP contribution in [0.4, 0.5) is 4.79 Å². The average molecular weight is 329 g/mol. The molecule has 0 amide bonds. The maximum Gasteiger partial charge on any atom is 0.516 e. The first-order valence-corrected chi connectivity index (χ1v) is 7.49. The maximum absolute atomic E-state index is 11.5. The Hall–Kier alpha value is -2.96. The van der Waals surface area contributed by atoms with E-state index in [1.54, 1.807) is 0 Å². The molecule has 2 rings (SSSR count). The van der Waals surface area contributed by atoms with E-state index in [2.05, 4.69) is 14.8 Å². The van der Waals surface area contributed by atoms with Crippen molar-refractivity contribution in [3.63, 3.8) is 0 Å². The lowest BCUT2D eigenvalue weighted by molar-refractivity contribution is -0.134. The number of nitrogens with zero attached hydrogens (tertiary/aromatic N) is 3. The molecule has 0 N–H and O–H groups in total. The van der Waals surface area contributed by atoms with Crippen molar-refractivity contribution in [1.82, 2.24) is 14.8 Å². The van der Waals surface area contributed by atoms with E-state index in [9.17, 15) is 9.59 Å². The smallest absolute Gasteiger partial charge is 0.434 e. The van der Waals surface area contributed by atoms with Crippen LogP contribution in [0.5, 0.6) is 0 Å². The molecule has 0 fully saturated rings. The molecule has 0 atom stereocenters. The van der Waals surface area contributed by atoms with Gasteiger partial charge in [-0.05, 0) is 18.9 Å². The van der Waals surface area contributed by atoms with E-state index in [1.165, 1.54) is 17.2 Å². The van der Waals surface area contributed by atoms with Crippen LogP contribution in [0, 0.1) is 12.8 Å². The summed E-state index contributed by atoms with van der Waals surface area (Å²) < 4.78 is 10.6. The van der Waals surface area contributed by atoms with Crippen molar-refractivity contribution in [2.45, 2.75) is 20.8 Å². The minimum absolute atomic E-state index is 0.165. The molecule has 7 nitrogen and oxygen atoms in total. The van der Waals surface area contributed by atoms with E-state index in [-0.39, 0.29) is 12.5 Å². The second kappa shape index (κ2) is 8.05. The van der Waals surface area contributed by atoms with Gasteiger partial charge in [0.2, 0.25) is 0 Å². The summed E-state index contributed by atoms with van der Waals surface area (Å²) in [6.07, 6.45) is 2.87. The number of hydrogen-bond acceptors (Lipinski definition) is 6. The second-order valence-electron chi connectivity index (χ2n) is 5.61. The van der Waals surface area contributed by atoms with Crippen LogP contribution in [0.25, 0.3) is 17.6 Å². The normalized spacial score (nSPS) is 11.0. The van der Waals surface area contributed by atoms with E-state index in [0.717, 1.165) is 17.2 Å². The molecule has 0 saturated carbocycles. The van der Waals surface area contributed by atoms with Crippen LogP contribution in [-0.4, -0.2) is 33.5 Å². The third-order valence-electron chi connectivity index (χ3n) is 2.87. The topological polar surface area (TPSA) is 83.3 Å². The van der Waals surface area contributed by atoms with E-state index < -0.39 is 12.1 Å². The lowest BCUT2D eigenvalue weighted by Gasteiger charge is -2.05. The predicted octanol–water partition coefficient (Wildman–Crippen LogP) is 3.06. The molecule has 24 heavy (non-hydrogen) atoms. The number of ether oxygens (including phenoxy) is 2. The Balaban J connectivity index is 1.93. The SMILES string of the molecule is Cc1cccc(-c2ncn(/C=C\C(=O)OC(=O)OCC(C)C)n2)c1. The van der Waals surface area contributed by atoms with Gasteiger partial charge in [-0.3, -0.25) is 0 Å². The van der Waals surface area contributed by atoms with Gasteiger partial charge in [0.15, 0.2) is 5.82 Å². The van der Waals surface area contributed by atoms with Crippen LogP contribution in [-0.2, 0) is 14.3 Å². The summed E-state index contributed by atoms with van der Waals surface area (Å²) in [7, 11) is 0. The van der Waals surface area contributed by atoms with Gasteiger partial charge in [0.25, 0.3) is 0 Å². The van der Waals surface area contributed by atoms with Crippen molar-refractivity contribution in [2.75, 3.05) is 6.61 Å². The first-order chi connectivity index (χ1) is 11.4.